The Hall–Kier alpha value is -0.640. The number of halogens is 2. The summed E-state index contributed by atoms with van der Waals surface area (Å²) in [5.74, 6) is -0.380. The van der Waals surface area contributed by atoms with Crippen molar-refractivity contribution in [3.05, 3.63) is 34.6 Å². The molecule has 0 heterocycles. The molecular weight excluding hydrogens is 265 g/mol. The van der Waals surface area contributed by atoms with Crippen molar-refractivity contribution in [2.24, 2.45) is 0 Å². The highest BCUT2D eigenvalue weighted by Gasteiger charge is 2.32. The van der Waals surface area contributed by atoms with Crippen molar-refractivity contribution in [2.75, 3.05) is 13.7 Å². The molecule has 2 unspecified atom stereocenters. The molecule has 0 aliphatic rings. The molecule has 0 saturated carbocycles. The molecule has 0 bridgehead atoms. The average Bonchev–Trinajstić information content (AvgIpc) is 2.40. The smallest absolute Gasteiger partial charge is 0.141 e. The molecule has 1 aromatic carbocycles. The lowest BCUT2D eigenvalue weighted by atomic mass is 9.88. The van der Waals surface area contributed by atoms with E-state index >= 15 is 0 Å². The Labute approximate surface area is 120 Å². The van der Waals surface area contributed by atoms with Gasteiger partial charge in [-0.05, 0) is 51.4 Å². The Morgan fingerprint density at radius 3 is 2.58 bits per heavy atom. The lowest BCUT2D eigenvalue weighted by molar-refractivity contribution is -0.0534. The first-order valence-electron chi connectivity index (χ1n) is 6.72. The van der Waals surface area contributed by atoms with Crippen molar-refractivity contribution >= 4 is 11.6 Å². The molecule has 0 aliphatic heterocycles. The quantitative estimate of drug-likeness (QED) is 0.823. The Bertz CT molecular complexity index is 413. The van der Waals surface area contributed by atoms with Gasteiger partial charge in [0, 0.05) is 12.6 Å². The molecule has 0 radical (unpaired) electrons. The topological polar surface area (TPSA) is 21.3 Å². The Kier molecular flexibility index (Phi) is 6.24. The summed E-state index contributed by atoms with van der Waals surface area (Å²) in [5, 5.41) is 3.47. The second-order valence-electron chi connectivity index (χ2n) is 4.89. The number of hydrogen-bond acceptors (Lipinski definition) is 2. The summed E-state index contributed by atoms with van der Waals surface area (Å²) in [6.07, 6.45) is 1.65. The lowest BCUT2D eigenvalue weighted by Gasteiger charge is -2.37. The summed E-state index contributed by atoms with van der Waals surface area (Å²) >= 11 is 5.82. The van der Waals surface area contributed by atoms with Gasteiger partial charge < -0.3 is 10.1 Å². The maximum Gasteiger partial charge on any atom is 0.141 e. The van der Waals surface area contributed by atoms with Gasteiger partial charge in [-0.15, -0.1) is 0 Å². The van der Waals surface area contributed by atoms with Gasteiger partial charge in [0.1, 0.15) is 5.82 Å². The highest BCUT2D eigenvalue weighted by atomic mass is 35.5. The summed E-state index contributed by atoms with van der Waals surface area (Å²) < 4.78 is 19.1. The van der Waals surface area contributed by atoms with Gasteiger partial charge in [0.05, 0.1) is 10.6 Å². The highest BCUT2D eigenvalue weighted by molar-refractivity contribution is 6.30. The minimum atomic E-state index is -0.380. The first kappa shape index (κ1) is 16.4. The molecule has 0 amide bonds. The third-order valence-corrected chi connectivity index (χ3v) is 3.98. The summed E-state index contributed by atoms with van der Waals surface area (Å²) in [6.45, 7) is 6.88. The first-order valence-corrected chi connectivity index (χ1v) is 7.09. The summed E-state index contributed by atoms with van der Waals surface area (Å²) in [6, 6.07) is 5.02. The van der Waals surface area contributed by atoms with E-state index in [0.29, 0.717) is 6.61 Å². The normalized spacial score (nSPS) is 16.1. The molecule has 108 valence electrons. The van der Waals surface area contributed by atoms with E-state index in [9.17, 15) is 4.39 Å². The van der Waals surface area contributed by atoms with Gasteiger partial charge in [0.25, 0.3) is 0 Å². The molecule has 1 aromatic rings. The molecule has 1 rings (SSSR count). The molecule has 0 fully saturated rings. The molecule has 2 atom stereocenters. The van der Waals surface area contributed by atoms with Crippen LogP contribution in [0.5, 0.6) is 0 Å². The molecule has 0 spiro atoms. The number of hydrogen-bond donors (Lipinski definition) is 1. The van der Waals surface area contributed by atoms with Crippen LogP contribution in [0.3, 0.4) is 0 Å². The van der Waals surface area contributed by atoms with Crippen LogP contribution in [0.2, 0.25) is 5.02 Å². The standard InChI is InChI=1S/C15H23ClFNO/c1-5-15(3,19-6-2)14(18-4)10-11-7-8-13(17)12(16)9-11/h7-9,14,18H,5-6,10H2,1-4H3. The summed E-state index contributed by atoms with van der Waals surface area (Å²) in [5.41, 5.74) is 0.759. The lowest BCUT2D eigenvalue weighted by Crippen LogP contribution is -2.50. The minimum absolute atomic E-state index is 0.152. The van der Waals surface area contributed by atoms with Crippen LogP contribution in [0.15, 0.2) is 18.2 Å². The van der Waals surface area contributed by atoms with Crippen LogP contribution < -0.4 is 5.32 Å². The van der Waals surface area contributed by atoms with Gasteiger partial charge in [0.15, 0.2) is 0 Å². The fourth-order valence-corrected chi connectivity index (χ4v) is 2.51. The van der Waals surface area contributed by atoms with Gasteiger partial charge >= 0.3 is 0 Å². The van der Waals surface area contributed by atoms with Crippen LogP contribution in [0.4, 0.5) is 4.39 Å². The number of rotatable bonds is 7. The molecule has 0 aromatic heterocycles. The van der Waals surface area contributed by atoms with Gasteiger partial charge in [-0.1, -0.05) is 24.6 Å². The van der Waals surface area contributed by atoms with Crippen LogP contribution in [-0.2, 0) is 11.2 Å². The van der Waals surface area contributed by atoms with Crippen molar-refractivity contribution in [3.8, 4) is 0 Å². The number of benzene rings is 1. The third-order valence-electron chi connectivity index (χ3n) is 3.69. The Morgan fingerprint density at radius 1 is 1.42 bits per heavy atom. The molecule has 2 nitrogen and oxygen atoms in total. The van der Waals surface area contributed by atoms with E-state index in [-0.39, 0.29) is 22.5 Å². The SMILES string of the molecule is CCOC(C)(CC)C(Cc1ccc(F)c(Cl)c1)NC. The molecule has 0 aliphatic carbocycles. The van der Waals surface area contributed by atoms with E-state index in [4.69, 9.17) is 16.3 Å². The number of ether oxygens (including phenoxy) is 1. The zero-order valence-electron chi connectivity index (χ0n) is 12.1. The molecule has 1 N–H and O–H groups in total. The van der Waals surface area contributed by atoms with Crippen LogP contribution >= 0.6 is 11.6 Å². The molecule has 0 saturated heterocycles. The van der Waals surface area contributed by atoms with Gasteiger partial charge in [0.2, 0.25) is 0 Å². The second kappa shape index (κ2) is 7.22. The van der Waals surface area contributed by atoms with Crippen molar-refractivity contribution in [2.45, 2.75) is 45.3 Å². The average molecular weight is 288 g/mol. The minimum Gasteiger partial charge on any atom is -0.374 e. The van der Waals surface area contributed by atoms with E-state index in [1.54, 1.807) is 12.1 Å². The first-order chi connectivity index (χ1) is 8.96. The largest absolute Gasteiger partial charge is 0.374 e. The van der Waals surface area contributed by atoms with E-state index in [2.05, 4.69) is 19.2 Å². The van der Waals surface area contributed by atoms with Crippen LogP contribution in [-0.4, -0.2) is 25.3 Å². The second-order valence-corrected chi connectivity index (χ2v) is 5.30. The van der Waals surface area contributed by atoms with Crippen molar-refractivity contribution < 1.29 is 9.13 Å². The monoisotopic (exact) mass is 287 g/mol. The predicted octanol–water partition coefficient (Wildman–Crippen LogP) is 3.81. The summed E-state index contributed by atoms with van der Waals surface area (Å²) in [7, 11) is 1.92. The number of nitrogens with one attached hydrogen (secondary N) is 1. The van der Waals surface area contributed by atoms with Gasteiger partial charge in [-0.2, -0.15) is 0 Å². The maximum atomic E-state index is 13.2. The number of likely N-dealkylation sites (N-methyl/N-ethyl adjacent to an activating group) is 1. The van der Waals surface area contributed by atoms with Gasteiger partial charge in [-0.3, -0.25) is 0 Å². The fraction of sp³-hybridized carbons (Fsp3) is 0.600. The Balaban J connectivity index is 2.88. The highest BCUT2D eigenvalue weighted by Crippen LogP contribution is 2.24. The van der Waals surface area contributed by atoms with E-state index in [1.807, 2.05) is 14.0 Å². The van der Waals surface area contributed by atoms with Crippen LogP contribution in [0.25, 0.3) is 0 Å². The van der Waals surface area contributed by atoms with E-state index in [1.165, 1.54) is 6.07 Å². The van der Waals surface area contributed by atoms with Gasteiger partial charge in [-0.25, -0.2) is 4.39 Å². The van der Waals surface area contributed by atoms with E-state index < -0.39 is 0 Å². The van der Waals surface area contributed by atoms with Crippen molar-refractivity contribution in [1.29, 1.82) is 0 Å². The predicted molar refractivity (Wildman–Crippen MR) is 78.3 cm³/mol. The van der Waals surface area contributed by atoms with E-state index in [0.717, 1.165) is 18.4 Å². The molecule has 4 heteroatoms. The third kappa shape index (κ3) is 4.16. The Morgan fingerprint density at radius 2 is 2.11 bits per heavy atom. The van der Waals surface area contributed by atoms with Crippen LogP contribution in [0.1, 0.15) is 32.8 Å². The molecular formula is C15H23ClFNO. The fourth-order valence-electron chi connectivity index (χ4n) is 2.30. The van der Waals surface area contributed by atoms with Crippen LogP contribution in [0, 0.1) is 5.82 Å². The molecule has 19 heavy (non-hydrogen) atoms. The zero-order chi connectivity index (χ0) is 14.5. The maximum absolute atomic E-state index is 13.2. The van der Waals surface area contributed by atoms with Crippen molar-refractivity contribution in [3.63, 3.8) is 0 Å². The zero-order valence-corrected chi connectivity index (χ0v) is 12.9. The summed E-state index contributed by atoms with van der Waals surface area (Å²) in [4.78, 5) is 0. The van der Waals surface area contributed by atoms with Crippen molar-refractivity contribution in [1.82, 2.24) is 5.32 Å².